The molecule has 0 heterocycles. The van der Waals surface area contributed by atoms with Gasteiger partial charge >= 0.3 is 0 Å². The standard InChI is InChI=1S/C13H20O4/c1-11(14)12-3-5-13(6-4-12)17-10-9-16-8-7-15-2/h3-6,11,14H,7-10H2,1-2H3/t11-/m0/s1. The molecule has 17 heavy (non-hydrogen) atoms. The first-order chi connectivity index (χ1) is 8.24. The van der Waals surface area contributed by atoms with Crippen LogP contribution in [0.15, 0.2) is 24.3 Å². The van der Waals surface area contributed by atoms with Crippen LogP contribution in [-0.2, 0) is 9.47 Å². The summed E-state index contributed by atoms with van der Waals surface area (Å²) >= 11 is 0. The molecule has 1 rings (SSSR count). The maximum Gasteiger partial charge on any atom is 0.119 e. The van der Waals surface area contributed by atoms with Crippen LogP contribution in [0.5, 0.6) is 5.75 Å². The quantitative estimate of drug-likeness (QED) is 0.704. The highest BCUT2D eigenvalue weighted by Crippen LogP contribution is 2.16. The second kappa shape index (κ2) is 8.06. The van der Waals surface area contributed by atoms with Gasteiger partial charge in [-0.3, -0.25) is 0 Å². The molecule has 0 saturated heterocycles. The average Bonchev–Trinajstić information content (AvgIpc) is 2.34. The fourth-order valence-electron chi connectivity index (χ4n) is 1.31. The molecule has 1 aromatic carbocycles. The molecular formula is C13H20O4. The summed E-state index contributed by atoms with van der Waals surface area (Å²) in [5.74, 6) is 0.782. The van der Waals surface area contributed by atoms with Crippen molar-refractivity contribution in [3.8, 4) is 5.75 Å². The van der Waals surface area contributed by atoms with Gasteiger partial charge in [-0.2, -0.15) is 0 Å². The number of ether oxygens (including phenoxy) is 3. The molecule has 0 fully saturated rings. The monoisotopic (exact) mass is 240 g/mol. The van der Waals surface area contributed by atoms with Gasteiger partial charge < -0.3 is 19.3 Å². The Hall–Kier alpha value is -1.10. The summed E-state index contributed by atoms with van der Waals surface area (Å²) in [6.45, 7) is 3.97. The molecule has 0 aliphatic rings. The molecule has 1 aromatic rings. The average molecular weight is 240 g/mol. The van der Waals surface area contributed by atoms with Crippen LogP contribution in [0, 0.1) is 0 Å². The molecule has 4 nitrogen and oxygen atoms in total. The maximum absolute atomic E-state index is 9.34. The smallest absolute Gasteiger partial charge is 0.119 e. The SMILES string of the molecule is COCCOCCOc1ccc([C@H](C)O)cc1. The summed E-state index contributed by atoms with van der Waals surface area (Å²) in [5.41, 5.74) is 0.883. The Balaban J connectivity index is 2.19. The van der Waals surface area contributed by atoms with E-state index in [1.165, 1.54) is 0 Å². The molecule has 1 N–H and O–H groups in total. The second-order valence-electron chi connectivity index (χ2n) is 3.70. The molecule has 0 amide bonds. The Bertz CT molecular complexity index is 295. The Morgan fingerprint density at radius 1 is 1.06 bits per heavy atom. The third kappa shape index (κ3) is 5.68. The lowest BCUT2D eigenvalue weighted by Crippen LogP contribution is -2.10. The first-order valence-corrected chi connectivity index (χ1v) is 5.71. The van der Waals surface area contributed by atoms with Crippen LogP contribution in [0.25, 0.3) is 0 Å². The van der Waals surface area contributed by atoms with E-state index in [0.717, 1.165) is 11.3 Å². The Labute approximate surface area is 102 Å². The largest absolute Gasteiger partial charge is 0.491 e. The van der Waals surface area contributed by atoms with E-state index in [0.29, 0.717) is 26.4 Å². The number of rotatable bonds is 8. The zero-order valence-electron chi connectivity index (χ0n) is 10.4. The summed E-state index contributed by atoms with van der Waals surface area (Å²) in [6, 6.07) is 7.39. The number of benzene rings is 1. The fourth-order valence-corrected chi connectivity index (χ4v) is 1.31. The molecule has 0 aromatic heterocycles. The summed E-state index contributed by atoms with van der Waals surface area (Å²) in [7, 11) is 1.64. The number of aliphatic hydroxyl groups excluding tert-OH is 1. The van der Waals surface area contributed by atoms with Gasteiger partial charge in [0.15, 0.2) is 0 Å². The Kier molecular flexibility index (Phi) is 6.62. The summed E-state index contributed by atoms with van der Waals surface area (Å²) in [5, 5.41) is 9.34. The first kappa shape index (κ1) is 14.0. The molecule has 1 atom stereocenters. The zero-order chi connectivity index (χ0) is 12.5. The number of aliphatic hydroxyl groups is 1. The minimum Gasteiger partial charge on any atom is -0.491 e. The molecule has 0 spiro atoms. The number of hydrogen-bond acceptors (Lipinski definition) is 4. The van der Waals surface area contributed by atoms with Crippen LogP contribution in [0.3, 0.4) is 0 Å². The van der Waals surface area contributed by atoms with E-state index < -0.39 is 6.10 Å². The highest BCUT2D eigenvalue weighted by atomic mass is 16.5. The van der Waals surface area contributed by atoms with E-state index >= 15 is 0 Å². The van der Waals surface area contributed by atoms with Gasteiger partial charge in [-0.15, -0.1) is 0 Å². The topological polar surface area (TPSA) is 47.9 Å². The lowest BCUT2D eigenvalue weighted by Gasteiger charge is -2.08. The van der Waals surface area contributed by atoms with Crippen molar-refractivity contribution in [2.24, 2.45) is 0 Å². The summed E-state index contributed by atoms with van der Waals surface area (Å²) in [6.07, 6.45) is -0.443. The molecular weight excluding hydrogens is 220 g/mol. The third-order valence-electron chi connectivity index (χ3n) is 2.29. The second-order valence-corrected chi connectivity index (χ2v) is 3.70. The van der Waals surface area contributed by atoms with Gasteiger partial charge in [-0.1, -0.05) is 12.1 Å². The van der Waals surface area contributed by atoms with Gasteiger partial charge in [-0.05, 0) is 24.6 Å². The van der Waals surface area contributed by atoms with Crippen molar-refractivity contribution in [3.63, 3.8) is 0 Å². The van der Waals surface area contributed by atoms with Crippen molar-refractivity contribution >= 4 is 0 Å². The van der Waals surface area contributed by atoms with Gasteiger partial charge in [0, 0.05) is 7.11 Å². The van der Waals surface area contributed by atoms with Crippen molar-refractivity contribution in [1.82, 2.24) is 0 Å². The molecule has 0 bridgehead atoms. The van der Waals surface area contributed by atoms with Crippen LogP contribution in [0.1, 0.15) is 18.6 Å². The van der Waals surface area contributed by atoms with E-state index in [1.54, 1.807) is 14.0 Å². The lowest BCUT2D eigenvalue weighted by molar-refractivity contribution is 0.0544. The Morgan fingerprint density at radius 3 is 2.29 bits per heavy atom. The fraction of sp³-hybridized carbons (Fsp3) is 0.538. The minimum atomic E-state index is -0.443. The van der Waals surface area contributed by atoms with Gasteiger partial charge in [0.2, 0.25) is 0 Å². The number of methoxy groups -OCH3 is 1. The summed E-state index contributed by atoms with van der Waals surface area (Å²) < 4.78 is 15.6. The van der Waals surface area contributed by atoms with Gasteiger partial charge in [0.05, 0.1) is 25.9 Å². The van der Waals surface area contributed by atoms with Gasteiger partial charge in [0.25, 0.3) is 0 Å². The summed E-state index contributed by atoms with van der Waals surface area (Å²) in [4.78, 5) is 0. The van der Waals surface area contributed by atoms with Gasteiger partial charge in [-0.25, -0.2) is 0 Å². The van der Waals surface area contributed by atoms with Crippen LogP contribution in [0.4, 0.5) is 0 Å². The highest BCUT2D eigenvalue weighted by Gasteiger charge is 2.00. The molecule has 4 heteroatoms. The molecule has 0 radical (unpaired) electrons. The van der Waals surface area contributed by atoms with Gasteiger partial charge in [0.1, 0.15) is 12.4 Å². The molecule has 0 aliphatic carbocycles. The molecule has 0 unspecified atom stereocenters. The Morgan fingerprint density at radius 2 is 1.71 bits per heavy atom. The minimum absolute atomic E-state index is 0.443. The van der Waals surface area contributed by atoms with Crippen LogP contribution in [-0.4, -0.2) is 38.6 Å². The van der Waals surface area contributed by atoms with Crippen LogP contribution < -0.4 is 4.74 Å². The zero-order valence-corrected chi connectivity index (χ0v) is 10.4. The lowest BCUT2D eigenvalue weighted by atomic mass is 10.1. The molecule has 96 valence electrons. The van der Waals surface area contributed by atoms with Crippen molar-refractivity contribution in [2.75, 3.05) is 33.5 Å². The van der Waals surface area contributed by atoms with Crippen LogP contribution in [0.2, 0.25) is 0 Å². The van der Waals surface area contributed by atoms with Crippen molar-refractivity contribution in [3.05, 3.63) is 29.8 Å². The van der Waals surface area contributed by atoms with E-state index in [4.69, 9.17) is 14.2 Å². The maximum atomic E-state index is 9.34. The van der Waals surface area contributed by atoms with E-state index in [9.17, 15) is 5.11 Å². The van der Waals surface area contributed by atoms with Crippen molar-refractivity contribution in [1.29, 1.82) is 0 Å². The predicted molar refractivity (Wildman–Crippen MR) is 65.3 cm³/mol. The van der Waals surface area contributed by atoms with E-state index in [-0.39, 0.29) is 0 Å². The highest BCUT2D eigenvalue weighted by molar-refractivity contribution is 5.28. The van der Waals surface area contributed by atoms with E-state index in [1.807, 2.05) is 24.3 Å². The van der Waals surface area contributed by atoms with Crippen molar-refractivity contribution in [2.45, 2.75) is 13.0 Å². The molecule has 0 saturated carbocycles. The van der Waals surface area contributed by atoms with Crippen LogP contribution >= 0.6 is 0 Å². The normalized spacial score (nSPS) is 12.4. The predicted octanol–water partition coefficient (Wildman–Crippen LogP) is 1.78. The van der Waals surface area contributed by atoms with E-state index in [2.05, 4.69) is 0 Å². The molecule has 0 aliphatic heterocycles. The third-order valence-corrected chi connectivity index (χ3v) is 2.29. The first-order valence-electron chi connectivity index (χ1n) is 5.71. The van der Waals surface area contributed by atoms with Crippen molar-refractivity contribution < 1.29 is 19.3 Å². The number of hydrogen-bond donors (Lipinski definition) is 1.